The van der Waals surface area contributed by atoms with Crippen LogP contribution in [0.1, 0.15) is 62.9 Å². The Morgan fingerprint density at radius 2 is 1.86 bits per heavy atom. The molecule has 150 valence electrons. The lowest BCUT2D eigenvalue weighted by atomic mass is 9.95. The van der Waals surface area contributed by atoms with Crippen LogP contribution >= 0.6 is 0 Å². The van der Waals surface area contributed by atoms with Gasteiger partial charge in [-0.15, -0.1) is 0 Å². The van der Waals surface area contributed by atoms with Crippen LogP contribution in [0, 0.1) is 19.7 Å². The van der Waals surface area contributed by atoms with Crippen LogP contribution < -0.4 is 4.57 Å². The van der Waals surface area contributed by atoms with Crippen molar-refractivity contribution in [3.05, 3.63) is 58.9 Å². The fraction of sp³-hybridized carbons (Fsp3) is 0.385. The van der Waals surface area contributed by atoms with Crippen molar-refractivity contribution in [1.82, 2.24) is 4.98 Å². The summed E-state index contributed by atoms with van der Waals surface area (Å²) in [7, 11) is 1.79. The molecule has 0 saturated heterocycles. The lowest BCUT2D eigenvalue weighted by Crippen LogP contribution is -2.32. The second-order valence-corrected chi connectivity index (χ2v) is 8.38. The van der Waals surface area contributed by atoms with Crippen LogP contribution in [-0.2, 0) is 13.4 Å². The molecule has 3 heterocycles. The summed E-state index contributed by atoms with van der Waals surface area (Å²) in [6, 6.07) is 9.76. The number of pyridine rings is 2. The van der Waals surface area contributed by atoms with Crippen LogP contribution in [0.25, 0.3) is 33.3 Å². The third kappa shape index (κ3) is 3.43. The zero-order valence-corrected chi connectivity index (χ0v) is 17.9. The minimum atomic E-state index is -2.44. The summed E-state index contributed by atoms with van der Waals surface area (Å²) in [4.78, 5) is 4.72. The van der Waals surface area contributed by atoms with E-state index in [2.05, 4.69) is 13.8 Å². The largest absolute Gasteiger partial charge is 0.437 e. The van der Waals surface area contributed by atoms with Crippen molar-refractivity contribution in [2.45, 2.75) is 53.8 Å². The van der Waals surface area contributed by atoms with Crippen molar-refractivity contribution in [3.63, 3.8) is 0 Å². The number of fused-ring (bicyclic) bond motifs is 3. The summed E-state index contributed by atoms with van der Waals surface area (Å²) in [5, 5.41) is 1.84. The molecule has 0 bridgehead atoms. The summed E-state index contributed by atoms with van der Waals surface area (Å²) in [6.45, 7) is 7.24. The smallest absolute Gasteiger partial charge is 0.227 e. The predicted octanol–water partition coefficient (Wildman–Crippen LogP) is 6.41. The number of aryl methyl sites for hydroxylation is 3. The number of furan rings is 1. The van der Waals surface area contributed by atoms with Crippen LogP contribution in [0.15, 0.2) is 40.9 Å². The highest BCUT2D eigenvalue weighted by molar-refractivity contribution is 6.08. The van der Waals surface area contributed by atoms with Crippen molar-refractivity contribution >= 4 is 22.1 Å². The second-order valence-electron chi connectivity index (χ2n) is 8.38. The van der Waals surface area contributed by atoms with Gasteiger partial charge in [-0.25, -0.2) is 9.55 Å². The van der Waals surface area contributed by atoms with E-state index >= 15 is 0 Å². The predicted molar refractivity (Wildman–Crippen MR) is 120 cm³/mol. The first-order valence-corrected chi connectivity index (χ1v) is 10.1. The molecule has 0 radical (unpaired) electrons. The monoisotopic (exact) mass is 392 g/mol. The molecule has 0 saturated carbocycles. The first-order valence-electron chi connectivity index (χ1n) is 12.6. The van der Waals surface area contributed by atoms with Gasteiger partial charge < -0.3 is 4.42 Å². The fourth-order valence-electron chi connectivity index (χ4n) is 3.80. The maximum Gasteiger partial charge on any atom is 0.227 e. The maximum atomic E-state index is 8.71. The summed E-state index contributed by atoms with van der Waals surface area (Å²) >= 11 is 0. The summed E-state index contributed by atoms with van der Waals surface area (Å²) in [5.74, 6) is -0.138. The number of benzene rings is 1. The lowest BCUT2D eigenvalue weighted by Gasteiger charge is -2.11. The van der Waals surface area contributed by atoms with Gasteiger partial charge in [-0.2, -0.15) is 0 Å². The van der Waals surface area contributed by atoms with E-state index in [4.69, 9.17) is 16.3 Å². The molecule has 3 aromatic heterocycles. The quantitative estimate of drug-likeness (QED) is 0.376. The average Bonchev–Trinajstić information content (AvgIpc) is 3.10. The minimum Gasteiger partial charge on any atom is -0.437 e. The zero-order valence-electron chi connectivity index (χ0n) is 22.9. The highest BCUT2D eigenvalue weighted by Crippen LogP contribution is 2.37. The molecule has 0 atom stereocenters. The van der Waals surface area contributed by atoms with Crippen molar-refractivity contribution < 1.29 is 15.8 Å². The number of hydrogen-bond donors (Lipinski definition) is 0. The second kappa shape index (κ2) is 7.29. The number of aromatic nitrogens is 2. The van der Waals surface area contributed by atoms with Crippen molar-refractivity contribution in [3.8, 4) is 11.3 Å². The topological polar surface area (TPSA) is 29.9 Å². The molecule has 0 unspecified atom stereocenters. The van der Waals surface area contributed by atoms with E-state index < -0.39 is 19.1 Å². The molecule has 4 aromatic rings. The van der Waals surface area contributed by atoms with E-state index in [9.17, 15) is 0 Å². The van der Waals surface area contributed by atoms with Crippen LogP contribution in [0.2, 0.25) is 0 Å². The molecule has 0 aliphatic carbocycles. The Labute approximate surface area is 180 Å². The molecule has 0 spiro atoms. The third-order valence-electron chi connectivity index (χ3n) is 5.30. The van der Waals surface area contributed by atoms with E-state index in [1.54, 1.807) is 31.5 Å². The SMILES string of the molecule is [2H]C([2H])([2H])c1c[n+](C)c(-c2c(C)ccc3c2oc2nc(C(C)C)ccc23)cc1C([2H])([2H])C(C)C. The van der Waals surface area contributed by atoms with E-state index in [1.807, 2.05) is 31.2 Å². The molecule has 3 nitrogen and oxygen atoms in total. The normalized spacial score (nSPS) is 15.5. The highest BCUT2D eigenvalue weighted by Gasteiger charge is 2.23. The van der Waals surface area contributed by atoms with Gasteiger partial charge in [0.1, 0.15) is 7.05 Å². The molecule has 0 fully saturated rings. The lowest BCUT2D eigenvalue weighted by molar-refractivity contribution is -0.660. The fourth-order valence-corrected chi connectivity index (χ4v) is 3.80. The number of nitrogens with zero attached hydrogens (tertiary/aromatic N) is 2. The zero-order chi connectivity index (χ0) is 25.2. The summed E-state index contributed by atoms with van der Waals surface area (Å²) < 4.78 is 49.6. The van der Waals surface area contributed by atoms with E-state index in [-0.39, 0.29) is 17.0 Å². The Balaban J connectivity index is 2.07. The third-order valence-corrected chi connectivity index (χ3v) is 5.30. The van der Waals surface area contributed by atoms with Crippen LogP contribution in [0.5, 0.6) is 0 Å². The van der Waals surface area contributed by atoms with Gasteiger partial charge in [0.15, 0.2) is 11.8 Å². The van der Waals surface area contributed by atoms with E-state index in [0.29, 0.717) is 17.0 Å². The van der Waals surface area contributed by atoms with Gasteiger partial charge in [0, 0.05) is 34.9 Å². The number of rotatable bonds is 4. The molecular weight excluding hydrogens is 356 g/mol. The molecule has 0 aliphatic rings. The van der Waals surface area contributed by atoms with Crippen LogP contribution in [0.3, 0.4) is 0 Å². The van der Waals surface area contributed by atoms with Gasteiger partial charge in [-0.05, 0) is 55.2 Å². The maximum absolute atomic E-state index is 8.71. The molecule has 4 rings (SSSR count). The summed E-state index contributed by atoms with van der Waals surface area (Å²) in [6.07, 6.45) is -0.288. The Morgan fingerprint density at radius 1 is 1.10 bits per heavy atom. The molecular formula is C26H31N2O+. The van der Waals surface area contributed by atoms with Crippen molar-refractivity contribution in [2.75, 3.05) is 0 Å². The molecule has 29 heavy (non-hydrogen) atoms. The Kier molecular flexibility index (Phi) is 3.60. The summed E-state index contributed by atoms with van der Waals surface area (Å²) in [5.41, 5.74) is 4.83. The van der Waals surface area contributed by atoms with E-state index in [1.165, 1.54) is 6.20 Å². The van der Waals surface area contributed by atoms with Crippen LogP contribution in [-0.4, -0.2) is 4.98 Å². The highest BCUT2D eigenvalue weighted by atomic mass is 16.3. The first-order chi connectivity index (χ1) is 15.7. The number of hydrogen-bond acceptors (Lipinski definition) is 2. The van der Waals surface area contributed by atoms with Gasteiger partial charge in [-0.3, -0.25) is 0 Å². The Bertz CT molecular complexity index is 1400. The average molecular weight is 393 g/mol. The molecule has 0 N–H and O–H groups in total. The van der Waals surface area contributed by atoms with Gasteiger partial charge in [0.25, 0.3) is 0 Å². The van der Waals surface area contributed by atoms with Crippen molar-refractivity contribution in [2.24, 2.45) is 13.0 Å². The molecule has 0 amide bonds. The Hall–Kier alpha value is -2.68. The van der Waals surface area contributed by atoms with Gasteiger partial charge in [-0.1, -0.05) is 39.8 Å². The molecule has 0 aliphatic heterocycles. The minimum absolute atomic E-state index is 0.0233. The van der Waals surface area contributed by atoms with Crippen LogP contribution in [0.4, 0.5) is 0 Å². The van der Waals surface area contributed by atoms with Crippen molar-refractivity contribution in [1.29, 1.82) is 0 Å². The van der Waals surface area contributed by atoms with E-state index in [0.717, 1.165) is 27.6 Å². The molecule has 3 heteroatoms. The van der Waals surface area contributed by atoms with Gasteiger partial charge in [0.2, 0.25) is 11.4 Å². The molecule has 1 aromatic carbocycles. The standard InChI is InChI=1S/C26H31N2O/c1-15(2)12-19-13-23(28(7)14-18(19)6)24-17(5)8-9-20-21-10-11-22(16(3)4)27-26(21)29-25(20)24/h8-11,13-16H,12H2,1-7H3/q+1/i6D3,12D2. The first kappa shape index (κ1) is 14.3. The van der Waals surface area contributed by atoms with Gasteiger partial charge >= 0.3 is 0 Å². The van der Waals surface area contributed by atoms with Gasteiger partial charge in [0.05, 0.1) is 5.56 Å². The Morgan fingerprint density at radius 3 is 2.55 bits per heavy atom.